The number of methoxy groups -OCH3 is 4. The standard InChI is InChI=1S/C60H86O8/c1-51(2,3)34-26-38-46(61)39-27-35(52(4,5)6)29-41(48(39)66-23)59(63,56(16,17)18)43-31-37(54(10,11)12)33-45(50(43)68-25)60(64,57(19,20)21)44-32-36(53(7,8)9)30-42(49(44)67-24)58(62,55(13,14)15)40(28-34)47(38)65-22/h26-33,62-64H,1-25H3/t58-,59-/m1/s1. The highest BCUT2D eigenvalue weighted by atomic mass is 16.5. The monoisotopic (exact) mass is 935 g/mol. The number of carbonyl (C=O) groups excluding carboxylic acids is 1. The molecule has 0 spiro atoms. The van der Waals surface area contributed by atoms with Gasteiger partial charge in [-0.15, -0.1) is 0 Å². The Morgan fingerprint density at radius 1 is 0.324 bits per heavy atom. The Hall–Kier alpha value is -4.37. The van der Waals surface area contributed by atoms with E-state index in [9.17, 15) is 15.3 Å². The summed E-state index contributed by atoms with van der Waals surface area (Å²) in [5.41, 5.74) is -5.07. The first-order valence-electron chi connectivity index (χ1n) is 24.2. The highest BCUT2D eigenvalue weighted by Crippen LogP contribution is 2.61. The third-order valence-corrected chi connectivity index (χ3v) is 14.7. The van der Waals surface area contributed by atoms with Crippen LogP contribution in [0.25, 0.3) is 0 Å². The van der Waals surface area contributed by atoms with Gasteiger partial charge in [-0.05, 0) is 109 Å². The molecule has 0 aliphatic heterocycles. The second kappa shape index (κ2) is 16.9. The highest BCUT2D eigenvalue weighted by Gasteiger charge is 2.56. The minimum Gasteiger partial charge on any atom is -0.496 e. The van der Waals surface area contributed by atoms with Gasteiger partial charge in [0.25, 0.3) is 0 Å². The van der Waals surface area contributed by atoms with E-state index in [1.165, 1.54) is 14.2 Å². The minimum atomic E-state index is -1.96. The maximum atomic E-state index is 16.2. The van der Waals surface area contributed by atoms with Gasteiger partial charge in [0, 0.05) is 33.4 Å². The van der Waals surface area contributed by atoms with Crippen LogP contribution in [0.4, 0.5) is 0 Å². The molecule has 5 rings (SSSR count). The van der Waals surface area contributed by atoms with Gasteiger partial charge >= 0.3 is 0 Å². The van der Waals surface area contributed by atoms with Crippen molar-refractivity contribution in [3.05, 3.63) is 115 Å². The summed E-state index contributed by atoms with van der Waals surface area (Å²) in [4.78, 5) is 16.2. The number of aliphatic hydroxyl groups is 3. The van der Waals surface area contributed by atoms with Crippen molar-refractivity contribution in [1.82, 2.24) is 0 Å². The molecule has 1 aliphatic rings. The Morgan fingerprint density at radius 3 is 0.662 bits per heavy atom. The second-order valence-corrected chi connectivity index (χ2v) is 26.6. The summed E-state index contributed by atoms with van der Waals surface area (Å²) < 4.78 is 26.2. The van der Waals surface area contributed by atoms with Gasteiger partial charge in [-0.3, -0.25) is 4.79 Å². The van der Waals surface area contributed by atoms with E-state index in [1.807, 2.05) is 111 Å². The van der Waals surface area contributed by atoms with E-state index >= 15 is 4.79 Å². The van der Waals surface area contributed by atoms with Gasteiger partial charge in [0.15, 0.2) is 0 Å². The molecule has 0 radical (unpaired) electrons. The Morgan fingerprint density at radius 2 is 0.500 bits per heavy atom. The lowest BCUT2D eigenvalue weighted by atomic mass is 9.61. The molecule has 4 aromatic rings. The summed E-state index contributed by atoms with van der Waals surface area (Å²) in [7, 11) is 6.19. The van der Waals surface area contributed by atoms with Crippen LogP contribution in [0.3, 0.4) is 0 Å². The molecule has 0 aromatic heterocycles. The first-order valence-corrected chi connectivity index (χ1v) is 24.2. The molecule has 3 N–H and O–H groups in total. The number of carbonyl (C=O) groups is 1. The fourth-order valence-corrected chi connectivity index (χ4v) is 10.1. The lowest BCUT2D eigenvalue weighted by Gasteiger charge is -2.48. The normalized spacial score (nSPS) is 19.4. The molecule has 68 heavy (non-hydrogen) atoms. The Kier molecular flexibility index (Phi) is 13.6. The molecule has 0 heterocycles. The Balaban J connectivity index is 2.42. The average molecular weight is 935 g/mol. The molecule has 8 nitrogen and oxygen atoms in total. The van der Waals surface area contributed by atoms with Crippen LogP contribution < -0.4 is 18.9 Å². The Bertz CT molecular complexity index is 2430. The van der Waals surface area contributed by atoms with Crippen LogP contribution in [0.5, 0.6) is 23.0 Å². The van der Waals surface area contributed by atoms with Crippen LogP contribution in [0.15, 0.2) is 48.5 Å². The molecular formula is C60H86O8. The Labute approximate surface area is 410 Å². The van der Waals surface area contributed by atoms with E-state index in [4.69, 9.17) is 18.9 Å². The third-order valence-electron chi connectivity index (χ3n) is 14.7. The van der Waals surface area contributed by atoms with E-state index in [1.54, 1.807) is 14.2 Å². The molecule has 2 atom stereocenters. The first kappa shape index (κ1) is 54.6. The van der Waals surface area contributed by atoms with Gasteiger partial charge in [-0.25, -0.2) is 0 Å². The van der Waals surface area contributed by atoms with Gasteiger partial charge in [0.05, 0.1) is 39.6 Å². The molecule has 0 saturated carbocycles. The maximum absolute atomic E-state index is 16.2. The van der Waals surface area contributed by atoms with Gasteiger partial charge < -0.3 is 34.3 Å². The zero-order chi connectivity index (χ0) is 52.3. The number of hydrogen-bond donors (Lipinski definition) is 3. The molecule has 0 amide bonds. The van der Waals surface area contributed by atoms with Crippen molar-refractivity contribution >= 4 is 5.78 Å². The molecule has 0 saturated heterocycles. The van der Waals surface area contributed by atoms with E-state index in [2.05, 4.69) is 83.1 Å². The zero-order valence-electron chi connectivity index (χ0n) is 46.5. The minimum absolute atomic E-state index is 0.181. The molecule has 0 unspecified atom stereocenters. The van der Waals surface area contributed by atoms with Crippen molar-refractivity contribution in [2.45, 2.75) is 184 Å². The number of benzene rings is 4. The summed E-state index contributed by atoms with van der Waals surface area (Å²) in [5.74, 6) is 0.469. The average Bonchev–Trinajstić information content (AvgIpc) is 3.20. The van der Waals surface area contributed by atoms with Gasteiger partial charge in [-0.1, -0.05) is 145 Å². The van der Waals surface area contributed by atoms with Crippen molar-refractivity contribution in [1.29, 1.82) is 0 Å². The summed E-state index contributed by atoms with van der Waals surface area (Å²) in [6.45, 7) is 42.8. The van der Waals surface area contributed by atoms with Gasteiger partial charge in [0.1, 0.15) is 39.8 Å². The number of ether oxygens (including phenoxy) is 4. The topological polar surface area (TPSA) is 115 Å². The van der Waals surface area contributed by atoms with Crippen LogP contribution in [0, 0.1) is 16.2 Å². The largest absolute Gasteiger partial charge is 0.496 e. The molecule has 4 aromatic carbocycles. The highest BCUT2D eigenvalue weighted by molar-refractivity contribution is 6.13. The smallest absolute Gasteiger partial charge is 0.200 e. The summed E-state index contributed by atoms with van der Waals surface area (Å²) in [6, 6.07) is 15.6. The van der Waals surface area contributed by atoms with Crippen LogP contribution in [0.1, 0.15) is 217 Å². The quantitative estimate of drug-likeness (QED) is 0.185. The zero-order valence-corrected chi connectivity index (χ0v) is 46.5. The molecule has 0 fully saturated rings. The van der Waals surface area contributed by atoms with Crippen molar-refractivity contribution < 1.29 is 39.1 Å². The van der Waals surface area contributed by atoms with Crippen molar-refractivity contribution in [3.8, 4) is 23.0 Å². The lowest BCUT2D eigenvalue weighted by Crippen LogP contribution is -2.46. The molecule has 8 bridgehead atoms. The van der Waals surface area contributed by atoms with Crippen LogP contribution in [0.2, 0.25) is 0 Å². The van der Waals surface area contributed by atoms with Gasteiger partial charge in [-0.2, -0.15) is 0 Å². The molecule has 1 aliphatic carbocycles. The summed E-state index contributed by atoms with van der Waals surface area (Å²) in [5, 5.41) is 43.4. The number of fused-ring (bicyclic) bond motifs is 8. The fourth-order valence-electron chi connectivity index (χ4n) is 10.1. The summed E-state index contributed by atoms with van der Waals surface area (Å²) in [6.07, 6.45) is 0. The van der Waals surface area contributed by atoms with Crippen LogP contribution in [-0.2, 0) is 38.5 Å². The van der Waals surface area contributed by atoms with E-state index in [0.29, 0.717) is 33.4 Å². The third kappa shape index (κ3) is 8.57. The first-order chi connectivity index (χ1) is 30.5. The van der Waals surface area contributed by atoms with E-state index < -0.39 is 60.5 Å². The van der Waals surface area contributed by atoms with Crippen molar-refractivity contribution in [2.75, 3.05) is 28.4 Å². The predicted octanol–water partition coefficient (Wildman–Crippen LogP) is 13.3. The van der Waals surface area contributed by atoms with Crippen molar-refractivity contribution in [2.24, 2.45) is 16.2 Å². The van der Waals surface area contributed by atoms with Crippen molar-refractivity contribution in [3.63, 3.8) is 0 Å². The van der Waals surface area contributed by atoms with Crippen LogP contribution in [-0.4, -0.2) is 49.5 Å². The fraction of sp³-hybridized carbons (Fsp3) is 0.583. The number of hydrogen-bond acceptors (Lipinski definition) is 8. The molecule has 374 valence electrons. The molecular weight excluding hydrogens is 849 g/mol. The maximum Gasteiger partial charge on any atom is 0.200 e. The number of ketones is 1. The van der Waals surface area contributed by atoms with Crippen LogP contribution >= 0.6 is 0 Å². The van der Waals surface area contributed by atoms with Gasteiger partial charge in [0.2, 0.25) is 5.78 Å². The molecule has 8 heteroatoms. The lowest BCUT2D eigenvalue weighted by molar-refractivity contribution is -0.0402. The van der Waals surface area contributed by atoms with E-state index in [0.717, 1.165) is 22.3 Å². The van der Waals surface area contributed by atoms with E-state index in [-0.39, 0.29) is 34.1 Å². The number of rotatable bonds is 4. The second-order valence-electron chi connectivity index (χ2n) is 26.6. The summed E-state index contributed by atoms with van der Waals surface area (Å²) >= 11 is 0. The predicted molar refractivity (Wildman–Crippen MR) is 278 cm³/mol. The SMILES string of the molecule is COc1c2cc(C(C)(C)C)cc1[C@](O)(C(C)(C)C)c1cc(C(C)(C)C)cc(c1OC)C(O)(C(C)(C)C)c1cc(C(C)(C)C)cc(c1OC)[C@@](O)(C(C)(C)C)c1cc(C(C)(C)C)cc(c1OC)C2=O.